The number of benzene rings is 1. The van der Waals surface area contributed by atoms with E-state index in [0.717, 1.165) is 18.5 Å². The minimum atomic E-state index is -0.107. The smallest absolute Gasteiger partial charge is 0.0314 e. The predicted octanol–water partition coefficient (Wildman–Crippen LogP) is 2.62. The summed E-state index contributed by atoms with van der Waals surface area (Å²) in [6.45, 7) is 8.37. The number of allylic oxidation sites excluding steroid dienone is 2. The number of rotatable bonds is 6. The van der Waals surface area contributed by atoms with Crippen LogP contribution in [0.15, 0.2) is 49.6 Å². The number of nitrogens with two attached hydrogens (primary N) is 2. The molecule has 0 aliphatic rings. The molecule has 1 unspecified atom stereocenters. The fraction of sp³-hybridized carbons (Fsp3) is 0.286. The van der Waals surface area contributed by atoms with Crippen LogP contribution in [-0.4, -0.2) is 6.54 Å². The van der Waals surface area contributed by atoms with Gasteiger partial charge in [-0.3, -0.25) is 0 Å². The third-order valence-corrected chi connectivity index (χ3v) is 2.98. The molecule has 0 fully saturated rings. The van der Waals surface area contributed by atoms with Gasteiger partial charge in [-0.15, -0.1) is 13.2 Å². The standard InChI is InChI=1S/C14H20N2/c1-3-9-14(4-2,10-11-15)12-5-7-13(16)8-6-12/h3-8H,1-2,9-11,15-16H2. The van der Waals surface area contributed by atoms with Gasteiger partial charge in [0.1, 0.15) is 0 Å². The number of hydrogen-bond donors (Lipinski definition) is 2. The van der Waals surface area contributed by atoms with Gasteiger partial charge in [-0.25, -0.2) is 0 Å². The summed E-state index contributed by atoms with van der Waals surface area (Å²) < 4.78 is 0. The number of hydrogen-bond acceptors (Lipinski definition) is 2. The van der Waals surface area contributed by atoms with Crippen molar-refractivity contribution in [1.29, 1.82) is 0 Å². The summed E-state index contributed by atoms with van der Waals surface area (Å²) in [6.07, 6.45) is 5.59. The molecule has 0 saturated carbocycles. The molecule has 0 aromatic heterocycles. The molecule has 0 bridgehead atoms. The summed E-state index contributed by atoms with van der Waals surface area (Å²) >= 11 is 0. The van der Waals surface area contributed by atoms with E-state index in [1.54, 1.807) is 0 Å². The highest BCUT2D eigenvalue weighted by Crippen LogP contribution is 2.33. The maximum absolute atomic E-state index is 5.69. The zero-order chi connectivity index (χ0) is 12.0. The van der Waals surface area contributed by atoms with Crippen LogP contribution in [-0.2, 0) is 5.41 Å². The van der Waals surface area contributed by atoms with E-state index in [9.17, 15) is 0 Å². The van der Waals surface area contributed by atoms with Gasteiger partial charge in [0.05, 0.1) is 0 Å². The van der Waals surface area contributed by atoms with E-state index in [1.165, 1.54) is 5.56 Å². The van der Waals surface area contributed by atoms with Gasteiger partial charge in [-0.1, -0.05) is 24.3 Å². The van der Waals surface area contributed by atoms with Crippen molar-refractivity contribution in [2.45, 2.75) is 18.3 Å². The Balaban J connectivity index is 3.12. The zero-order valence-electron chi connectivity index (χ0n) is 9.65. The summed E-state index contributed by atoms with van der Waals surface area (Å²) in [4.78, 5) is 0. The third-order valence-electron chi connectivity index (χ3n) is 2.98. The second kappa shape index (κ2) is 5.52. The van der Waals surface area contributed by atoms with E-state index < -0.39 is 0 Å². The molecule has 2 nitrogen and oxygen atoms in total. The summed E-state index contributed by atoms with van der Waals surface area (Å²) in [7, 11) is 0. The Hall–Kier alpha value is -1.54. The van der Waals surface area contributed by atoms with Gasteiger partial charge in [0.15, 0.2) is 0 Å². The molecule has 0 spiro atoms. The molecular weight excluding hydrogens is 196 g/mol. The molecule has 0 saturated heterocycles. The highest BCUT2D eigenvalue weighted by atomic mass is 14.6. The Morgan fingerprint density at radius 2 is 1.81 bits per heavy atom. The SMILES string of the molecule is C=CCC(C=C)(CCN)c1ccc(N)cc1. The van der Waals surface area contributed by atoms with Crippen LogP contribution in [0.3, 0.4) is 0 Å². The first-order chi connectivity index (χ1) is 7.68. The van der Waals surface area contributed by atoms with Crippen LogP contribution in [0.1, 0.15) is 18.4 Å². The second-order valence-electron chi connectivity index (χ2n) is 4.01. The van der Waals surface area contributed by atoms with Crippen molar-refractivity contribution in [2.24, 2.45) is 5.73 Å². The fourth-order valence-electron chi connectivity index (χ4n) is 2.00. The molecule has 4 N–H and O–H groups in total. The van der Waals surface area contributed by atoms with Crippen LogP contribution in [0, 0.1) is 0 Å². The highest BCUT2D eigenvalue weighted by Gasteiger charge is 2.26. The average Bonchev–Trinajstić information content (AvgIpc) is 2.29. The van der Waals surface area contributed by atoms with Crippen molar-refractivity contribution in [2.75, 3.05) is 12.3 Å². The summed E-state index contributed by atoms with van der Waals surface area (Å²) in [5.41, 5.74) is 13.2. The molecule has 0 aliphatic carbocycles. The van der Waals surface area contributed by atoms with Crippen LogP contribution in [0.2, 0.25) is 0 Å². The Bertz CT molecular complexity index is 354. The van der Waals surface area contributed by atoms with Crippen LogP contribution in [0.25, 0.3) is 0 Å². The van der Waals surface area contributed by atoms with Crippen molar-refractivity contribution in [3.8, 4) is 0 Å². The Labute approximate surface area is 97.7 Å². The van der Waals surface area contributed by atoms with Gasteiger partial charge in [-0.2, -0.15) is 0 Å². The summed E-state index contributed by atoms with van der Waals surface area (Å²) in [5.74, 6) is 0. The summed E-state index contributed by atoms with van der Waals surface area (Å²) in [5, 5.41) is 0. The quantitative estimate of drug-likeness (QED) is 0.567. The van der Waals surface area contributed by atoms with E-state index >= 15 is 0 Å². The molecule has 16 heavy (non-hydrogen) atoms. The van der Waals surface area contributed by atoms with E-state index in [4.69, 9.17) is 11.5 Å². The van der Waals surface area contributed by atoms with Gasteiger partial charge < -0.3 is 11.5 Å². The van der Waals surface area contributed by atoms with Crippen LogP contribution in [0.4, 0.5) is 5.69 Å². The first kappa shape index (κ1) is 12.5. The lowest BCUT2D eigenvalue weighted by atomic mass is 9.75. The van der Waals surface area contributed by atoms with Crippen molar-refractivity contribution in [1.82, 2.24) is 0 Å². The Morgan fingerprint density at radius 1 is 1.19 bits per heavy atom. The maximum Gasteiger partial charge on any atom is 0.0314 e. The lowest BCUT2D eigenvalue weighted by Crippen LogP contribution is -2.26. The monoisotopic (exact) mass is 216 g/mol. The van der Waals surface area contributed by atoms with Crippen molar-refractivity contribution in [3.63, 3.8) is 0 Å². The molecule has 1 aromatic carbocycles. The first-order valence-corrected chi connectivity index (χ1v) is 5.49. The lowest BCUT2D eigenvalue weighted by Gasteiger charge is -2.29. The van der Waals surface area contributed by atoms with E-state index in [1.807, 2.05) is 36.4 Å². The van der Waals surface area contributed by atoms with Crippen molar-refractivity contribution in [3.05, 3.63) is 55.1 Å². The van der Waals surface area contributed by atoms with E-state index in [2.05, 4.69) is 13.2 Å². The predicted molar refractivity (Wildman–Crippen MR) is 71.2 cm³/mol. The minimum Gasteiger partial charge on any atom is -0.399 e. The molecule has 86 valence electrons. The molecule has 1 aromatic rings. The number of anilines is 1. The van der Waals surface area contributed by atoms with E-state index in [-0.39, 0.29) is 5.41 Å². The summed E-state index contributed by atoms with van der Waals surface area (Å²) in [6, 6.07) is 7.90. The van der Waals surface area contributed by atoms with Gasteiger partial charge in [0.2, 0.25) is 0 Å². The number of nitrogen functional groups attached to an aromatic ring is 1. The molecule has 2 heteroatoms. The Kier molecular flexibility index (Phi) is 4.32. The van der Waals surface area contributed by atoms with Crippen molar-refractivity contribution >= 4 is 5.69 Å². The molecule has 1 rings (SSSR count). The maximum atomic E-state index is 5.69. The lowest BCUT2D eigenvalue weighted by molar-refractivity contribution is 0.505. The highest BCUT2D eigenvalue weighted by molar-refractivity contribution is 5.43. The molecule has 0 radical (unpaired) electrons. The zero-order valence-corrected chi connectivity index (χ0v) is 9.65. The average molecular weight is 216 g/mol. The van der Waals surface area contributed by atoms with Crippen molar-refractivity contribution < 1.29 is 0 Å². The molecule has 0 heterocycles. The van der Waals surface area contributed by atoms with Gasteiger partial charge in [-0.05, 0) is 37.1 Å². The molecule has 1 atom stereocenters. The topological polar surface area (TPSA) is 52.0 Å². The largest absolute Gasteiger partial charge is 0.399 e. The third kappa shape index (κ3) is 2.52. The van der Waals surface area contributed by atoms with Gasteiger partial charge in [0, 0.05) is 11.1 Å². The minimum absolute atomic E-state index is 0.107. The molecule has 0 aliphatic heterocycles. The van der Waals surface area contributed by atoms with Gasteiger partial charge >= 0.3 is 0 Å². The van der Waals surface area contributed by atoms with Gasteiger partial charge in [0.25, 0.3) is 0 Å². The van der Waals surface area contributed by atoms with E-state index in [0.29, 0.717) is 6.54 Å². The first-order valence-electron chi connectivity index (χ1n) is 5.49. The fourth-order valence-corrected chi connectivity index (χ4v) is 2.00. The van der Waals surface area contributed by atoms with Crippen LogP contribution in [0.5, 0.6) is 0 Å². The second-order valence-corrected chi connectivity index (χ2v) is 4.01. The Morgan fingerprint density at radius 3 is 2.25 bits per heavy atom. The molecule has 0 amide bonds. The van der Waals surface area contributed by atoms with Crippen LogP contribution >= 0.6 is 0 Å². The molecular formula is C14H20N2. The normalized spacial score (nSPS) is 14.1. The van der Waals surface area contributed by atoms with Crippen LogP contribution < -0.4 is 11.5 Å².